The van der Waals surface area contributed by atoms with Gasteiger partial charge in [-0.1, -0.05) is 49.0 Å². The van der Waals surface area contributed by atoms with Crippen molar-refractivity contribution in [3.8, 4) is 0 Å². The Morgan fingerprint density at radius 1 is 1.31 bits per heavy atom. The van der Waals surface area contributed by atoms with Crippen molar-refractivity contribution in [2.24, 2.45) is 0 Å². The molecule has 0 amide bonds. The summed E-state index contributed by atoms with van der Waals surface area (Å²) in [6.45, 7) is 5.02. The lowest BCUT2D eigenvalue weighted by atomic mass is 10.2. The molecular formula is C13H17NOS. The van der Waals surface area contributed by atoms with E-state index in [0.717, 1.165) is 18.7 Å². The summed E-state index contributed by atoms with van der Waals surface area (Å²) in [7, 11) is 0. The molecule has 0 radical (unpaired) electrons. The molecule has 2 rings (SSSR count). The molecular weight excluding hydrogens is 218 g/mol. The average molecular weight is 235 g/mol. The quantitative estimate of drug-likeness (QED) is 0.863. The first-order chi connectivity index (χ1) is 7.72. The van der Waals surface area contributed by atoms with E-state index in [1.807, 2.05) is 13.0 Å². The molecule has 0 aliphatic carbocycles. The van der Waals surface area contributed by atoms with Crippen LogP contribution >= 0.6 is 11.8 Å². The normalized spacial score (nSPS) is 20.6. The molecule has 1 aromatic rings. The lowest BCUT2D eigenvalue weighted by Gasteiger charge is -2.26. The van der Waals surface area contributed by atoms with E-state index in [2.05, 4.69) is 36.1 Å². The summed E-state index contributed by atoms with van der Waals surface area (Å²) in [4.78, 5) is 2.27. The van der Waals surface area contributed by atoms with Crippen LogP contribution in [0.2, 0.25) is 0 Å². The summed E-state index contributed by atoms with van der Waals surface area (Å²) in [5.41, 5.74) is 2.29. The van der Waals surface area contributed by atoms with E-state index in [0.29, 0.717) is 10.5 Å². The van der Waals surface area contributed by atoms with E-state index in [9.17, 15) is 5.11 Å². The van der Waals surface area contributed by atoms with Crippen LogP contribution in [0, 0.1) is 0 Å². The minimum Gasteiger partial charge on any atom is -0.501 e. The summed E-state index contributed by atoms with van der Waals surface area (Å²) in [6, 6.07) is 10.4. The number of aliphatic hydroxyl groups excluding tert-OH is 1. The number of aliphatic hydroxyl groups is 1. The van der Waals surface area contributed by atoms with Gasteiger partial charge in [-0.05, 0) is 18.9 Å². The Balaban J connectivity index is 2.14. The lowest BCUT2D eigenvalue weighted by molar-refractivity contribution is 0.308. The third kappa shape index (κ3) is 2.19. The molecule has 0 saturated carbocycles. The molecule has 1 N–H and O–H groups in total. The van der Waals surface area contributed by atoms with Gasteiger partial charge in [0.1, 0.15) is 0 Å². The van der Waals surface area contributed by atoms with Crippen molar-refractivity contribution in [1.29, 1.82) is 0 Å². The fourth-order valence-corrected chi connectivity index (χ4v) is 2.99. The third-order valence-electron chi connectivity index (χ3n) is 2.88. The summed E-state index contributed by atoms with van der Waals surface area (Å²) in [6.07, 6.45) is 1.04. The SMILES string of the molecule is CCC1SC(O)=C(C)N1Cc1ccccc1. The molecule has 86 valence electrons. The minimum atomic E-state index is 0.375. The maximum atomic E-state index is 9.75. The second-order valence-electron chi connectivity index (χ2n) is 3.98. The van der Waals surface area contributed by atoms with Crippen molar-refractivity contribution in [2.75, 3.05) is 0 Å². The van der Waals surface area contributed by atoms with E-state index in [-0.39, 0.29) is 0 Å². The Labute approximate surface area is 101 Å². The largest absolute Gasteiger partial charge is 0.501 e. The molecule has 0 fully saturated rings. The van der Waals surface area contributed by atoms with E-state index < -0.39 is 0 Å². The van der Waals surface area contributed by atoms with Crippen LogP contribution in [0.25, 0.3) is 0 Å². The molecule has 1 unspecified atom stereocenters. The number of thioether (sulfide) groups is 1. The summed E-state index contributed by atoms with van der Waals surface area (Å²) in [5.74, 6) is 0. The molecule has 1 heterocycles. The standard InChI is InChI=1S/C13H17NOS/c1-3-12-14(10(2)13(15)16-12)9-11-7-5-4-6-8-11/h4-8,12,15H,3,9H2,1-2H3. The summed E-state index contributed by atoms with van der Waals surface area (Å²) < 4.78 is 0. The number of hydrogen-bond donors (Lipinski definition) is 1. The second-order valence-corrected chi connectivity index (χ2v) is 5.15. The van der Waals surface area contributed by atoms with Gasteiger partial charge >= 0.3 is 0 Å². The first kappa shape index (κ1) is 11.4. The molecule has 16 heavy (non-hydrogen) atoms. The predicted molar refractivity (Wildman–Crippen MR) is 69.0 cm³/mol. The topological polar surface area (TPSA) is 23.5 Å². The van der Waals surface area contributed by atoms with E-state index in [1.165, 1.54) is 5.56 Å². The van der Waals surface area contributed by atoms with E-state index in [4.69, 9.17) is 0 Å². The van der Waals surface area contributed by atoms with Crippen LogP contribution in [0.5, 0.6) is 0 Å². The number of nitrogens with zero attached hydrogens (tertiary/aromatic N) is 1. The fourth-order valence-electron chi connectivity index (χ4n) is 1.92. The first-order valence-electron chi connectivity index (χ1n) is 5.59. The van der Waals surface area contributed by atoms with Gasteiger partial charge in [-0.25, -0.2) is 0 Å². The van der Waals surface area contributed by atoms with Gasteiger partial charge in [-0.3, -0.25) is 0 Å². The van der Waals surface area contributed by atoms with Gasteiger partial charge in [0.15, 0.2) is 5.09 Å². The van der Waals surface area contributed by atoms with Gasteiger partial charge in [-0.15, -0.1) is 0 Å². The molecule has 3 heteroatoms. The molecule has 1 aromatic carbocycles. The van der Waals surface area contributed by atoms with Crippen molar-refractivity contribution < 1.29 is 5.11 Å². The molecule has 0 aromatic heterocycles. The highest BCUT2D eigenvalue weighted by atomic mass is 32.2. The Morgan fingerprint density at radius 3 is 2.62 bits per heavy atom. The Morgan fingerprint density at radius 2 is 2.00 bits per heavy atom. The van der Waals surface area contributed by atoms with Gasteiger partial charge in [0, 0.05) is 6.54 Å². The third-order valence-corrected chi connectivity index (χ3v) is 4.26. The van der Waals surface area contributed by atoms with E-state index >= 15 is 0 Å². The van der Waals surface area contributed by atoms with Crippen molar-refractivity contribution in [1.82, 2.24) is 4.90 Å². The Hall–Kier alpha value is -1.09. The molecule has 0 bridgehead atoms. The average Bonchev–Trinajstić information content (AvgIpc) is 2.58. The fraction of sp³-hybridized carbons (Fsp3) is 0.385. The summed E-state index contributed by atoms with van der Waals surface area (Å²) >= 11 is 1.56. The van der Waals surface area contributed by atoms with Crippen molar-refractivity contribution in [3.63, 3.8) is 0 Å². The van der Waals surface area contributed by atoms with E-state index in [1.54, 1.807) is 11.8 Å². The van der Waals surface area contributed by atoms with Gasteiger partial charge in [0.05, 0.1) is 11.1 Å². The number of hydrogen-bond acceptors (Lipinski definition) is 3. The van der Waals surface area contributed by atoms with Crippen molar-refractivity contribution >= 4 is 11.8 Å². The smallest absolute Gasteiger partial charge is 0.171 e. The number of allylic oxidation sites excluding steroid dienone is 1. The first-order valence-corrected chi connectivity index (χ1v) is 6.47. The predicted octanol–water partition coefficient (Wildman–Crippen LogP) is 3.72. The van der Waals surface area contributed by atoms with Crippen LogP contribution in [0.15, 0.2) is 41.1 Å². The minimum absolute atomic E-state index is 0.375. The van der Waals surface area contributed by atoms with Gasteiger partial charge in [-0.2, -0.15) is 0 Å². The lowest BCUT2D eigenvalue weighted by Crippen LogP contribution is -2.26. The number of rotatable bonds is 3. The highest BCUT2D eigenvalue weighted by molar-refractivity contribution is 8.03. The number of benzene rings is 1. The van der Waals surface area contributed by atoms with Gasteiger partial charge in [0.2, 0.25) is 0 Å². The zero-order valence-corrected chi connectivity index (χ0v) is 10.5. The van der Waals surface area contributed by atoms with Crippen molar-refractivity contribution in [3.05, 3.63) is 46.7 Å². The molecule has 2 nitrogen and oxygen atoms in total. The van der Waals surface area contributed by atoms with Crippen LogP contribution in [0.1, 0.15) is 25.8 Å². The summed E-state index contributed by atoms with van der Waals surface area (Å²) in [5, 5.41) is 10.6. The monoisotopic (exact) mass is 235 g/mol. The van der Waals surface area contributed by atoms with Crippen LogP contribution in [0.3, 0.4) is 0 Å². The molecule has 1 atom stereocenters. The molecule has 1 aliphatic rings. The maximum Gasteiger partial charge on any atom is 0.171 e. The van der Waals surface area contributed by atoms with Gasteiger partial charge in [0.25, 0.3) is 0 Å². The van der Waals surface area contributed by atoms with Crippen molar-refractivity contribution in [2.45, 2.75) is 32.2 Å². The van der Waals surface area contributed by atoms with Crippen LogP contribution in [-0.2, 0) is 6.54 Å². The zero-order chi connectivity index (χ0) is 11.5. The van der Waals surface area contributed by atoms with Crippen LogP contribution in [0.4, 0.5) is 0 Å². The second kappa shape index (κ2) is 4.83. The Bertz CT molecular complexity index is 388. The highest BCUT2D eigenvalue weighted by Gasteiger charge is 2.28. The maximum absolute atomic E-state index is 9.75. The van der Waals surface area contributed by atoms with Gasteiger partial charge < -0.3 is 10.0 Å². The molecule has 0 spiro atoms. The van der Waals surface area contributed by atoms with Crippen LogP contribution in [-0.4, -0.2) is 15.4 Å². The molecule has 0 saturated heterocycles. The Kier molecular flexibility index (Phi) is 3.44. The molecule has 1 aliphatic heterocycles. The highest BCUT2D eigenvalue weighted by Crippen LogP contribution is 2.38. The zero-order valence-electron chi connectivity index (χ0n) is 9.68. The van der Waals surface area contributed by atoms with Crippen LogP contribution < -0.4 is 0 Å².